The summed E-state index contributed by atoms with van der Waals surface area (Å²) in [6.07, 6.45) is 0. The quantitative estimate of drug-likeness (QED) is 0.154. The third-order valence-corrected chi connectivity index (χ3v) is 11.1. The van der Waals surface area contributed by atoms with Gasteiger partial charge in [0.2, 0.25) is 0 Å². The second-order valence-electron chi connectivity index (χ2n) is 14.8. The molecule has 11 aromatic rings. The molecule has 0 saturated heterocycles. The van der Waals surface area contributed by atoms with Crippen LogP contribution in [-0.2, 0) is 0 Å². The molecule has 0 aliphatic carbocycles. The minimum atomic E-state index is 0.589. The predicted octanol–water partition coefficient (Wildman–Crippen LogP) is 14.7. The SMILES string of the molecule is c1ccc(-c2cccc(-c3nc(-c4ccccc4)nc(-c4cccc5oc6cc(-c7ccc(N(c8ccccc8)c8cccc9ccccc89)cc7)ccc6c45)n3)c2)cc1. The van der Waals surface area contributed by atoms with Crippen molar-refractivity contribution in [2.45, 2.75) is 0 Å². The van der Waals surface area contributed by atoms with Crippen molar-refractivity contribution in [3.05, 3.63) is 218 Å². The summed E-state index contributed by atoms with van der Waals surface area (Å²) in [7, 11) is 0. The van der Waals surface area contributed by atoms with Gasteiger partial charge in [0.05, 0.1) is 5.69 Å². The molecule has 2 aromatic heterocycles. The molecule has 0 N–H and O–H groups in total. The summed E-state index contributed by atoms with van der Waals surface area (Å²) in [6, 6.07) is 75.8. The zero-order valence-corrected chi connectivity index (χ0v) is 32.5. The Morgan fingerprint density at radius 2 is 0.883 bits per heavy atom. The Morgan fingerprint density at radius 1 is 0.333 bits per heavy atom. The van der Waals surface area contributed by atoms with Crippen LogP contribution in [0.2, 0.25) is 0 Å². The third kappa shape index (κ3) is 6.45. The first-order chi connectivity index (χ1) is 29.7. The summed E-state index contributed by atoms with van der Waals surface area (Å²) < 4.78 is 6.61. The second-order valence-corrected chi connectivity index (χ2v) is 14.8. The summed E-state index contributed by atoms with van der Waals surface area (Å²) in [5.41, 5.74) is 12.0. The maximum atomic E-state index is 6.61. The van der Waals surface area contributed by atoms with Gasteiger partial charge in [0.15, 0.2) is 17.5 Å². The van der Waals surface area contributed by atoms with Crippen LogP contribution in [-0.4, -0.2) is 15.0 Å². The zero-order valence-electron chi connectivity index (χ0n) is 32.5. The first-order valence-corrected chi connectivity index (χ1v) is 20.1. The number of hydrogen-bond donors (Lipinski definition) is 0. The van der Waals surface area contributed by atoms with Crippen LogP contribution < -0.4 is 4.90 Å². The molecule has 11 rings (SSSR count). The monoisotopic (exact) mass is 768 g/mol. The fourth-order valence-electron chi connectivity index (χ4n) is 8.21. The first kappa shape index (κ1) is 35.0. The highest BCUT2D eigenvalue weighted by molar-refractivity contribution is 6.12. The second kappa shape index (κ2) is 15.0. The maximum Gasteiger partial charge on any atom is 0.164 e. The van der Waals surface area contributed by atoms with Gasteiger partial charge < -0.3 is 9.32 Å². The fourth-order valence-corrected chi connectivity index (χ4v) is 8.21. The van der Waals surface area contributed by atoms with Crippen LogP contribution in [0.15, 0.2) is 223 Å². The number of anilines is 3. The average molecular weight is 769 g/mol. The van der Waals surface area contributed by atoms with Gasteiger partial charge in [-0.15, -0.1) is 0 Å². The number of benzene rings is 9. The number of rotatable bonds is 8. The highest BCUT2D eigenvalue weighted by atomic mass is 16.3. The van der Waals surface area contributed by atoms with Crippen molar-refractivity contribution in [3.63, 3.8) is 0 Å². The highest BCUT2D eigenvalue weighted by Crippen LogP contribution is 2.41. The van der Waals surface area contributed by atoms with E-state index in [9.17, 15) is 0 Å². The summed E-state index contributed by atoms with van der Waals surface area (Å²) in [5.74, 6) is 1.81. The van der Waals surface area contributed by atoms with Crippen LogP contribution in [0.3, 0.4) is 0 Å². The largest absolute Gasteiger partial charge is 0.456 e. The molecule has 2 heterocycles. The van der Waals surface area contributed by atoms with E-state index in [1.54, 1.807) is 0 Å². The normalized spacial score (nSPS) is 11.3. The summed E-state index contributed by atoms with van der Waals surface area (Å²) in [6.45, 7) is 0. The Hall–Kier alpha value is -8.15. The molecule has 9 aromatic carbocycles. The lowest BCUT2D eigenvalue weighted by molar-refractivity contribution is 0.669. The number of furan rings is 1. The first-order valence-electron chi connectivity index (χ1n) is 20.1. The molecule has 282 valence electrons. The lowest BCUT2D eigenvalue weighted by Crippen LogP contribution is -2.10. The van der Waals surface area contributed by atoms with Crippen molar-refractivity contribution in [3.8, 4) is 56.4 Å². The minimum absolute atomic E-state index is 0.589. The summed E-state index contributed by atoms with van der Waals surface area (Å²) >= 11 is 0. The van der Waals surface area contributed by atoms with Gasteiger partial charge >= 0.3 is 0 Å². The zero-order chi connectivity index (χ0) is 39.8. The topological polar surface area (TPSA) is 55.1 Å². The molecule has 0 spiro atoms. The van der Waals surface area contributed by atoms with E-state index in [1.807, 2.05) is 48.5 Å². The molecule has 0 amide bonds. The molecule has 0 bridgehead atoms. The van der Waals surface area contributed by atoms with Gasteiger partial charge in [0.1, 0.15) is 11.2 Å². The van der Waals surface area contributed by atoms with E-state index in [1.165, 1.54) is 10.8 Å². The van der Waals surface area contributed by atoms with Crippen LogP contribution in [0, 0.1) is 0 Å². The molecule has 5 heteroatoms. The smallest absolute Gasteiger partial charge is 0.164 e. The number of aromatic nitrogens is 3. The van der Waals surface area contributed by atoms with Crippen LogP contribution >= 0.6 is 0 Å². The van der Waals surface area contributed by atoms with Gasteiger partial charge in [-0.05, 0) is 82.2 Å². The Morgan fingerprint density at radius 3 is 1.68 bits per heavy atom. The number of fused-ring (bicyclic) bond motifs is 4. The molecular weight excluding hydrogens is 733 g/mol. The van der Waals surface area contributed by atoms with Crippen LogP contribution in [0.25, 0.3) is 89.1 Å². The summed E-state index contributed by atoms with van der Waals surface area (Å²) in [4.78, 5) is 17.6. The molecular formula is C55H36N4O. The fraction of sp³-hybridized carbons (Fsp3) is 0. The van der Waals surface area contributed by atoms with Crippen molar-refractivity contribution in [1.82, 2.24) is 15.0 Å². The van der Waals surface area contributed by atoms with Crippen molar-refractivity contribution in [1.29, 1.82) is 0 Å². The molecule has 0 saturated carbocycles. The van der Waals surface area contributed by atoms with E-state index in [4.69, 9.17) is 19.4 Å². The minimum Gasteiger partial charge on any atom is -0.456 e. The average Bonchev–Trinajstić information content (AvgIpc) is 3.71. The molecule has 0 radical (unpaired) electrons. The van der Waals surface area contributed by atoms with Gasteiger partial charge in [-0.1, -0.05) is 164 Å². The van der Waals surface area contributed by atoms with E-state index < -0.39 is 0 Å². The van der Waals surface area contributed by atoms with Crippen molar-refractivity contribution in [2.75, 3.05) is 4.90 Å². The van der Waals surface area contributed by atoms with Gasteiger partial charge in [-0.3, -0.25) is 0 Å². The molecule has 60 heavy (non-hydrogen) atoms. The molecule has 0 aliphatic rings. The highest BCUT2D eigenvalue weighted by Gasteiger charge is 2.19. The summed E-state index contributed by atoms with van der Waals surface area (Å²) in [5, 5.41) is 4.37. The van der Waals surface area contributed by atoms with E-state index in [0.29, 0.717) is 17.5 Å². The lowest BCUT2D eigenvalue weighted by atomic mass is 10.0. The predicted molar refractivity (Wildman–Crippen MR) is 246 cm³/mol. The molecule has 0 aliphatic heterocycles. The third-order valence-electron chi connectivity index (χ3n) is 11.1. The van der Waals surface area contributed by atoms with Crippen LogP contribution in [0.1, 0.15) is 0 Å². The van der Waals surface area contributed by atoms with E-state index in [0.717, 1.165) is 77.9 Å². The molecule has 0 fully saturated rings. The van der Waals surface area contributed by atoms with Crippen molar-refractivity contribution in [2.24, 2.45) is 0 Å². The van der Waals surface area contributed by atoms with Crippen molar-refractivity contribution >= 4 is 49.8 Å². The van der Waals surface area contributed by atoms with Crippen LogP contribution in [0.5, 0.6) is 0 Å². The lowest BCUT2D eigenvalue weighted by Gasteiger charge is -2.27. The maximum absolute atomic E-state index is 6.61. The Kier molecular flexibility index (Phi) is 8.75. The van der Waals surface area contributed by atoms with E-state index in [-0.39, 0.29) is 0 Å². The number of para-hydroxylation sites is 1. The van der Waals surface area contributed by atoms with Crippen LogP contribution in [0.4, 0.5) is 17.1 Å². The molecule has 0 unspecified atom stereocenters. The van der Waals surface area contributed by atoms with Gasteiger partial charge in [0, 0.05) is 44.2 Å². The number of hydrogen-bond acceptors (Lipinski definition) is 5. The van der Waals surface area contributed by atoms with Gasteiger partial charge in [0.25, 0.3) is 0 Å². The van der Waals surface area contributed by atoms with E-state index in [2.05, 4.69) is 175 Å². The van der Waals surface area contributed by atoms with E-state index >= 15 is 0 Å². The van der Waals surface area contributed by atoms with Crippen molar-refractivity contribution < 1.29 is 4.42 Å². The Balaban J connectivity index is 0.989. The Bertz CT molecular complexity index is 3300. The van der Waals surface area contributed by atoms with Gasteiger partial charge in [-0.2, -0.15) is 0 Å². The van der Waals surface area contributed by atoms with Gasteiger partial charge in [-0.25, -0.2) is 15.0 Å². The molecule has 5 nitrogen and oxygen atoms in total. The standard InChI is InChI=1S/C55H36N4O/c1-4-15-37(16-5-1)41-21-12-22-43(35-41)54-56-53(40-18-6-2-7-19-40)57-55(58-54)48-26-14-28-50-52(48)47-34-31-42(36-51(47)60-50)38-29-32-45(33-30-38)59(44-23-8-3-9-24-44)49-27-13-20-39-17-10-11-25-46(39)49/h1-36H. The molecule has 0 atom stereocenters. The Labute approximate surface area is 347 Å². The number of nitrogens with zero attached hydrogens (tertiary/aromatic N) is 4.